The fourth-order valence-corrected chi connectivity index (χ4v) is 2.41. The maximum atomic E-state index is 12.4. The van der Waals surface area contributed by atoms with E-state index in [-0.39, 0.29) is 18.2 Å². The molecule has 2 rings (SSSR count). The Morgan fingerprint density at radius 1 is 1.40 bits per heavy atom. The van der Waals surface area contributed by atoms with Gasteiger partial charge >= 0.3 is 0 Å². The maximum absolute atomic E-state index is 12.4. The number of piperidine rings is 1. The zero-order valence-electron chi connectivity index (χ0n) is 11.7. The lowest BCUT2D eigenvalue weighted by atomic mass is 9.98. The molecule has 1 atom stereocenters. The molecular formula is C15H18N2O3. The van der Waals surface area contributed by atoms with Crippen LogP contribution in [-0.2, 0) is 16.0 Å². The number of nitrogens with one attached hydrogen (secondary N) is 2. The molecule has 0 spiro atoms. The van der Waals surface area contributed by atoms with Crippen LogP contribution in [0.4, 0.5) is 0 Å². The van der Waals surface area contributed by atoms with Crippen LogP contribution >= 0.6 is 0 Å². The van der Waals surface area contributed by atoms with Crippen LogP contribution in [-0.4, -0.2) is 23.8 Å². The number of rotatable bonds is 3. The Labute approximate surface area is 117 Å². The van der Waals surface area contributed by atoms with Crippen molar-refractivity contribution in [3.63, 3.8) is 0 Å². The normalized spacial score (nSPS) is 18.6. The van der Waals surface area contributed by atoms with Crippen molar-refractivity contribution in [3.8, 4) is 0 Å². The van der Waals surface area contributed by atoms with Gasteiger partial charge in [-0.15, -0.1) is 0 Å². The molecule has 1 aliphatic rings. The molecule has 1 aliphatic heterocycles. The molecule has 0 saturated carbocycles. The van der Waals surface area contributed by atoms with Crippen LogP contribution < -0.4 is 10.6 Å². The largest absolute Gasteiger partial charge is 0.340 e. The van der Waals surface area contributed by atoms with Gasteiger partial charge in [0.2, 0.25) is 11.8 Å². The Morgan fingerprint density at radius 2 is 2.15 bits per heavy atom. The fraction of sp³-hybridized carbons (Fsp3) is 0.400. The fourth-order valence-electron chi connectivity index (χ4n) is 2.41. The summed E-state index contributed by atoms with van der Waals surface area (Å²) >= 11 is 0. The minimum Gasteiger partial charge on any atom is -0.340 e. The number of carbonyl (C=O) groups excluding carboxylic acids is 3. The molecule has 1 unspecified atom stereocenters. The quantitative estimate of drug-likeness (QED) is 0.810. The third-order valence-corrected chi connectivity index (χ3v) is 3.51. The number of aryl methyl sites for hydroxylation is 2. The van der Waals surface area contributed by atoms with E-state index >= 15 is 0 Å². The molecule has 1 heterocycles. The van der Waals surface area contributed by atoms with E-state index in [2.05, 4.69) is 10.6 Å². The van der Waals surface area contributed by atoms with Gasteiger partial charge in [-0.1, -0.05) is 25.1 Å². The molecule has 20 heavy (non-hydrogen) atoms. The summed E-state index contributed by atoms with van der Waals surface area (Å²) in [6.45, 7) is 3.86. The molecule has 1 saturated heterocycles. The molecular weight excluding hydrogens is 256 g/mol. The van der Waals surface area contributed by atoms with Gasteiger partial charge in [0.25, 0.3) is 5.91 Å². The van der Waals surface area contributed by atoms with Crippen molar-refractivity contribution in [3.05, 3.63) is 34.9 Å². The SMILES string of the molecule is CCc1cccc(C)c1C(=O)NC1CCC(=O)NC1=O. The monoisotopic (exact) mass is 274 g/mol. The number of amides is 3. The first kappa shape index (κ1) is 14.2. The number of hydrogen-bond donors (Lipinski definition) is 2. The van der Waals surface area contributed by atoms with E-state index in [9.17, 15) is 14.4 Å². The Balaban J connectivity index is 2.17. The predicted octanol–water partition coefficient (Wildman–Crippen LogP) is 1.09. The van der Waals surface area contributed by atoms with E-state index in [1.807, 2.05) is 32.0 Å². The topological polar surface area (TPSA) is 75.3 Å². The Kier molecular flexibility index (Phi) is 4.17. The van der Waals surface area contributed by atoms with Crippen LogP contribution in [0.15, 0.2) is 18.2 Å². The van der Waals surface area contributed by atoms with E-state index in [0.29, 0.717) is 12.0 Å². The van der Waals surface area contributed by atoms with Gasteiger partial charge in [0.15, 0.2) is 0 Å². The first-order chi connectivity index (χ1) is 9.52. The van der Waals surface area contributed by atoms with Gasteiger partial charge in [0, 0.05) is 12.0 Å². The lowest BCUT2D eigenvalue weighted by Crippen LogP contribution is -2.52. The number of carbonyl (C=O) groups is 3. The van der Waals surface area contributed by atoms with Gasteiger partial charge in [-0.2, -0.15) is 0 Å². The highest BCUT2D eigenvalue weighted by molar-refractivity contribution is 6.04. The van der Waals surface area contributed by atoms with Crippen LogP contribution in [0.2, 0.25) is 0 Å². The molecule has 1 aromatic carbocycles. The molecule has 1 aromatic rings. The molecule has 0 bridgehead atoms. The van der Waals surface area contributed by atoms with Gasteiger partial charge in [0.1, 0.15) is 6.04 Å². The summed E-state index contributed by atoms with van der Waals surface area (Å²) in [6.07, 6.45) is 1.36. The van der Waals surface area contributed by atoms with Gasteiger partial charge < -0.3 is 5.32 Å². The molecule has 3 amide bonds. The molecule has 2 N–H and O–H groups in total. The molecule has 0 aliphatic carbocycles. The summed E-state index contributed by atoms with van der Waals surface area (Å²) in [7, 11) is 0. The van der Waals surface area contributed by atoms with Crippen LogP contribution in [0.5, 0.6) is 0 Å². The molecule has 5 heteroatoms. The Hall–Kier alpha value is -2.17. The summed E-state index contributed by atoms with van der Waals surface area (Å²) in [5, 5.41) is 4.95. The highest BCUT2D eigenvalue weighted by Crippen LogP contribution is 2.16. The lowest BCUT2D eigenvalue weighted by Gasteiger charge is -2.22. The van der Waals surface area contributed by atoms with E-state index in [0.717, 1.165) is 17.5 Å². The predicted molar refractivity (Wildman–Crippen MR) is 74.2 cm³/mol. The van der Waals surface area contributed by atoms with Gasteiger partial charge in [-0.25, -0.2) is 0 Å². The van der Waals surface area contributed by atoms with Gasteiger partial charge in [-0.3, -0.25) is 19.7 Å². The first-order valence-electron chi connectivity index (χ1n) is 6.76. The summed E-state index contributed by atoms with van der Waals surface area (Å²) in [4.78, 5) is 35.1. The van der Waals surface area contributed by atoms with Gasteiger partial charge in [-0.05, 0) is 30.9 Å². The smallest absolute Gasteiger partial charge is 0.252 e. The van der Waals surface area contributed by atoms with E-state index < -0.39 is 11.9 Å². The van der Waals surface area contributed by atoms with Gasteiger partial charge in [0.05, 0.1) is 0 Å². The lowest BCUT2D eigenvalue weighted by molar-refractivity contribution is -0.134. The summed E-state index contributed by atoms with van der Waals surface area (Å²) in [6, 6.07) is 5.06. The van der Waals surface area contributed by atoms with Crippen molar-refractivity contribution in [1.29, 1.82) is 0 Å². The zero-order valence-corrected chi connectivity index (χ0v) is 11.7. The minimum absolute atomic E-state index is 0.255. The number of hydrogen-bond acceptors (Lipinski definition) is 3. The van der Waals surface area contributed by atoms with Crippen molar-refractivity contribution in [2.75, 3.05) is 0 Å². The highest BCUT2D eigenvalue weighted by atomic mass is 16.2. The van der Waals surface area contributed by atoms with Crippen LogP contribution in [0.25, 0.3) is 0 Å². The number of imide groups is 1. The Bertz CT molecular complexity index is 566. The summed E-state index contributed by atoms with van der Waals surface area (Å²) in [5.74, 6) is -0.971. The van der Waals surface area contributed by atoms with Crippen molar-refractivity contribution in [1.82, 2.24) is 10.6 Å². The molecule has 1 fully saturated rings. The molecule has 0 radical (unpaired) electrons. The van der Waals surface area contributed by atoms with E-state index in [4.69, 9.17) is 0 Å². The highest BCUT2D eigenvalue weighted by Gasteiger charge is 2.28. The second-order valence-corrected chi connectivity index (χ2v) is 4.94. The third-order valence-electron chi connectivity index (χ3n) is 3.51. The standard InChI is InChI=1S/C15H18N2O3/c1-3-10-6-4-5-9(2)13(10)15(20)16-11-7-8-12(18)17-14(11)19/h4-6,11H,3,7-8H2,1-2H3,(H,16,20)(H,17,18,19). The van der Waals surface area contributed by atoms with Crippen LogP contribution in [0, 0.1) is 6.92 Å². The van der Waals surface area contributed by atoms with E-state index in [1.165, 1.54) is 0 Å². The van der Waals surface area contributed by atoms with Crippen LogP contribution in [0.3, 0.4) is 0 Å². The number of benzene rings is 1. The van der Waals surface area contributed by atoms with Crippen molar-refractivity contribution < 1.29 is 14.4 Å². The second kappa shape index (κ2) is 5.86. The maximum Gasteiger partial charge on any atom is 0.252 e. The third kappa shape index (κ3) is 2.87. The average molecular weight is 274 g/mol. The Morgan fingerprint density at radius 3 is 2.80 bits per heavy atom. The summed E-state index contributed by atoms with van der Waals surface area (Å²) in [5.41, 5.74) is 2.46. The molecule has 0 aromatic heterocycles. The first-order valence-corrected chi connectivity index (χ1v) is 6.76. The minimum atomic E-state index is -0.635. The average Bonchev–Trinajstić information content (AvgIpc) is 2.41. The summed E-state index contributed by atoms with van der Waals surface area (Å²) < 4.78 is 0. The molecule has 5 nitrogen and oxygen atoms in total. The van der Waals surface area contributed by atoms with Crippen LogP contribution in [0.1, 0.15) is 41.3 Å². The van der Waals surface area contributed by atoms with Crippen molar-refractivity contribution >= 4 is 17.7 Å². The zero-order chi connectivity index (χ0) is 14.7. The van der Waals surface area contributed by atoms with Crippen molar-refractivity contribution in [2.24, 2.45) is 0 Å². The van der Waals surface area contributed by atoms with Crippen molar-refractivity contribution in [2.45, 2.75) is 39.2 Å². The van der Waals surface area contributed by atoms with E-state index in [1.54, 1.807) is 0 Å². The second-order valence-electron chi connectivity index (χ2n) is 4.94. The molecule has 106 valence electrons.